The zero-order valence-electron chi connectivity index (χ0n) is 37.1. The monoisotopic (exact) mass is 1000 g/mol. The number of carbonyl (C=O) groups is 2. The first kappa shape index (κ1) is 48.3. The van der Waals surface area contributed by atoms with Crippen LogP contribution in [0.1, 0.15) is 12.8 Å². The number of carbonyl (C=O) groups excluding carboxylic acids is 2. The minimum Gasteiger partial charge on any atom is -0.495 e. The van der Waals surface area contributed by atoms with Gasteiger partial charge in [-0.3, -0.25) is 9.59 Å². The van der Waals surface area contributed by atoms with Gasteiger partial charge in [0.15, 0.2) is 0 Å². The lowest BCUT2D eigenvalue weighted by Crippen LogP contribution is -2.55. The fourth-order valence-electron chi connectivity index (χ4n) is 8.08. The first-order valence-corrected chi connectivity index (χ1v) is 23.0. The molecule has 0 saturated carbocycles. The highest BCUT2D eigenvalue weighted by Gasteiger charge is 2.29. The van der Waals surface area contributed by atoms with E-state index in [4.69, 9.17) is 80.1 Å². The first-order chi connectivity index (χ1) is 33.0. The van der Waals surface area contributed by atoms with Gasteiger partial charge in [-0.25, -0.2) is 19.9 Å². The van der Waals surface area contributed by atoms with Gasteiger partial charge < -0.3 is 50.3 Å². The molecule has 5 N–H and O–H groups in total. The molecule has 68 heavy (non-hydrogen) atoms. The molecule has 2 aliphatic heterocycles. The number of benzene rings is 4. The van der Waals surface area contributed by atoms with E-state index in [0.29, 0.717) is 112 Å². The molecule has 0 aliphatic carbocycles. The fourth-order valence-corrected chi connectivity index (χ4v) is 9.50. The zero-order valence-corrected chi connectivity index (χ0v) is 40.2. The Morgan fingerprint density at radius 1 is 0.721 bits per heavy atom. The van der Waals surface area contributed by atoms with Crippen molar-refractivity contribution in [3.8, 4) is 45.3 Å². The molecule has 354 valence electrons. The maximum atomic E-state index is 13.2. The van der Waals surface area contributed by atoms with E-state index >= 15 is 0 Å². The van der Waals surface area contributed by atoms with Crippen molar-refractivity contribution in [2.75, 3.05) is 64.9 Å². The van der Waals surface area contributed by atoms with Gasteiger partial charge in [0.1, 0.15) is 29.6 Å². The van der Waals surface area contributed by atoms with E-state index in [1.807, 2.05) is 36.4 Å². The van der Waals surface area contributed by atoms with E-state index in [2.05, 4.69) is 43.1 Å². The quantitative estimate of drug-likeness (QED) is 0.0582. The van der Waals surface area contributed by atoms with Crippen LogP contribution >= 0.6 is 46.4 Å². The number of anilines is 2. The number of fused-ring (bicyclic) bond motifs is 2. The van der Waals surface area contributed by atoms with Crippen molar-refractivity contribution < 1.29 is 33.3 Å². The van der Waals surface area contributed by atoms with Gasteiger partial charge in [0.2, 0.25) is 23.7 Å². The van der Waals surface area contributed by atoms with Crippen LogP contribution in [0.15, 0.2) is 85.7 Å². The van der Waals surface area contributed by atoms with Crippen molar-refractivity contribution in [3.63, 3.8) is 0 Å². The van der Waals surface area contributed by atoms with Crippen LogP contribution in [0, 0.1) is 0 Å². The minimum atomic E-state index is -0.297. The number of hydrogen-bond acceptors (Lipinski definition) is 14. The molecule has 0 bridgehead atoms. The number of halogens is 4. The summed E-state index contributed by atoms with van der Waals surface area (Å²) in [5.41, 5.74) is 3.84. The van der Waals surface area contributed by atoms with Crippen molar-refractivity contribution in [2.24, 2.45) is 0 Å². The fraction of sp³-hybridized carbons (Fsp3) is 0.292. The summed E-state index contributed by atoms with van der Waals surface area (Å²) in [6.07, 6.45) is 8.99. The summed E-state index contributed by atoms with van der Waals surface area (Å²) >= 11 is 27.2. The van der Waals surface area contributed by atoms with Crippen molar-refractivity contribution in [1.82, 2.24) is 35.9 Å². The molecule has 2 amide bonds. The summed E-state index contributed by atoms with van der Waals surface area (Å²) in [6.45, 7) is 5.77. The zero-order chi connectivity index (χ0) is 47.9. The summed E-state index contributed by atoms with van der Waals surface area (Å²) < 4.78 is 28.2. The first-order valence-electron chi connectivity index (χ1n) is 21.5. The molecule has 16 nitrogen and oxygen atoms in total. The number of rotatable bonds is 16. The predicted molar refractivity (Wildman–Crippen MR) is 266 cm³/mol. The Morgan fingerprint density at radius 3 is 1.82 bits per heavy atom. The molecule has 8 rings (SSSR count). The summed E-state index contributed by atoms with van der Waals surface area (Å²) in [4.78, 5) is 43.8. The van der Waals surface area contributed by atoms with Gasteiger partial charge >= 0.3 is 0 Å². The van der Waals surface area contributed by atoms with Crippen LogP contribution in [-0.2, 0) is 14.3 Å². The molecule has 4 aromatic carbocycles. The summed E-state index contributed by atoms with van der Waals surface area (Å²) in [7, 11) is 4.55. The number of aromatic nitrogens is 4. The van der Waals surface area contributed by atoms with E-state index in [0.717, 1.165) is 16.3 Å². The van der Waals surface area contributed by atoms with Crippen LogP contribution in [-0.4, -0.2) is 110 Å². The smallest absolute Gasteiger partial charge is 0.244 e. The molecule has 0 radical (unpaired) electrons. The van der Waals surface area contributed by atoms with Crippen LogP contribution in [0.3, 0.4) is 0 Å². The molecular weight excluding hydrogens is 956 g/mol. The second-order valence-electron chi connectivity index (χ2n) is 15.8. The SMILES string of the molecule is C=CC(=O)N[C@H]1CCOC[C@H]1Nc1ncc2cc(-c3c(Cl)c(OC)cc(OC/C=C/C(=O)N[C@@H]4CCNC[C@@H]4Nc4ncc5cc(-c6c(Cl)c(OC)cc(OC)c6Cl)ccc5n4)c3Cl)ccc2n1. The van der Waals surface area contributed by atoms with Crippen LogP contribution in [0.25, 0.3) is 44.1 Å². The van der Waals surface area contributed by atoms with Crippen molar-refractivity contribution >= 4 is 91.9 Å². The highest BCUT2D eigenvalue weighted by atomic mass is 35.5. The highest BCUT2D eigenvalue weighted by Crippen LogP contribution is 2.48. The van der Waals surface area contributed by atoms with Gasteiger partial charge in [-0.2, -0.15) is 0 Å². The van der Waals surface area contributed by atoms with Gasteiger partial charge in [-0.05, 0) is 66.9 Å². The van der Waals surface area contributed by atoms with Crippen molar-refractivity contribution in [2.45, 2.75) is 37.0 Å². The van der Waals surface area contributed by atoms with Crippen molar-refractivity contribution in [1.29, 1.82) is 0 Å². The molecule has 0 unspecified atom stereocenters. The number of hydrogen-bond donors (Lipinski definition) is 5. The highest BCUT2D eigenvalue weighted by molar-refractivity contribution is 6.42. The Kier molecular flexibility index (Phi) is 15.5. The van der Waals surface area contributed by atoms with Crippen LogP contribution in [0.5, 0.6) is 23.0 Å². The Labute approximate surface area is 412 Å². The molecule has 2 fully saturated rings. The molecule has 0 spiro atoms. The van der Waals surface area contributed by atoms with Gasteiger partial charge in [-0.15, -0.1) is 0 Å². The number of methoxy groups -OCH3 is 3. The molecule has 2 saturated heterocycles. The molecule has 4 heterocycles. The standard InChI is InChI=1S/C48H47Cl4N9O7/c1-5-39(62)56-32-13-16-67-24-34(32)61-48-55-22-28-18-26(9-11-30(28)59-48)42-45(51)37(66-4)20-38(46(42)52)68-15-6-7-40(63)57-31-12-14-53-23-33(31)60-47-54-21-27-17-25(8-10-29(27)58-47)41-43(49)35(64-2)19-36(65-3)44(41)50/h5-11,17-22,31-34,53H,1,12-16,23-24H2,2-4H3,(H,56,62)(H,57,63)(H,54,58,60)(H,55,59,61)/b7-6+/t31-,32+,33+,34-/m1/s1. The molecule has 2 aliphatic rings. The van der Waals surface area contributed by atoms with Crippen LogP contribution in [0.2, 0.25) is 20.1 Å². The lowest BCUT2D eigenvalue weighted by atomic mass is 10.0. The third kappa shape index (κ3) is 10.8. The minimum absolute atomic E-state index is 0.0210. The number of nitrogens with zero attached hydrogens (tertiary/aromatic N) is 4. The Morgan fingerprint density at radius 2 is 1.25 bits per heavy atom. The van der Waals surface area contributed by atoms with Gasteiger partial charge in [0, 0.05) is 65.7 Å². The van der Waals surface area contributed by atoms with Crippen LogP contribution in [0.4, 0.5) is 11.9 Å². The Bertz CT molecular complexity index is 2880. The van der Waals surface area contributed by atoms with Crippen molar-refractivity contribution in [3.05, 3.63) is 106 Å². The van der Waals surface area contributed by atoms with E-state index in [-0.39, 0.29) is 52.6 Å². The summed E-state index contributed by atoms with van der Waals surface area (Å²) in [5, 5.41) is 18.9. The third-order valence-corrected chi connectivity index (χ3v) is 13.1. The Balaban J connectivity index is 0.903. The topological polar surface area (TPSA) is 192 Å². The number of piperidine rings is 1. The van der Waals surface area contributed by atoms with E-state index in [9.17, 15) is 9.59 Å². The number of amides is 2. The molecule has 6 aromatic rings. The van der Waals surface area contributed by atoms with Gasteiger partial charge in [0.25, 0.3) is 0 Å². The lowest BCUT2D eigenvalue weighted by molar-refractivity contribution is -0.118. The normalized spacial score (nSPS) is 18.2. The third-order valence-electron chi connectivity index (χ3n) is 11.6. The maximum Gasteiger partial charge on any atom is 0.244 e. The lowest BCUT2D eigenvalue weighted by Gasteiger charge is -2.33. The second-order valence-corrected chi connectivity index (χ2v) is 17.3. The van der Waals surface area contributed by atoms with Gasteiger partial charge in [0.05, 0.1) is 83.2 Å². The Hall–Kier alpha value is -6.14. The number of ether oxygens (including phenoxy) is 5. The molecule has 20 heteroatoms. The molecular formula is C48H47Cl4N9O7. The maximum absolute atomic E-state index is 13.2. The predicted octanol–water partition coefficient (Wildman–Crippen LogP) is 8.31. The average molecular weight is 1000 g/mol. The number of nitrogens with one attached hydrogen (secondary N) is 5. The largest absolute Gasteiger partial charge is 0.495 e. The van der Waals surface area contributed by atoms with Gasteiger partial charge in [-0.1, -0.05) is 65.1 Å². The molecule has 4 atom stereocenters. The molecule has 2 aromatic heterocycles. The summed E-state index contributed by atoms with van der Waals surface area (Å²) in [6, 6.07) is 13.6. The van der Waals surface area contributed by atoms with E-state index in [1.165, 1.54) is 33.5 Å². The van der Waals surface area contributed by atoms with Crippen LogP contribution < -0.4 is 45.5 Å². The summed E-state index contributed by atoms with van der Waals surface area (Å²) in [5.74, 6) is 1.76. The second kappa shape index (κ2) is 21.9. The average Bonchev–Trinajstić information content (AvgIpc) is 3.34. The van der Waals surface area contributed by atoms with E-state index in [1.54, 1.807) is 30.6 Å². The van der Waals surface area contributed by atoms with E-state index < -0.39 is 0 Å².